The van der Waals surface area contributed by atoms with E-state index in [0.717, 1.165) is 25.1 Å². The second-order valence-electron chi connectivity index (χ2n) is 5.80. The summed E-state index contributed by atoms with van der Waals surface area (Å²) in [6.45, 7) is 6.25. The van der Waals surface area contributed by atoms with Crippen molar-refractivity contribution in [2.24, 2.45) is 17.6 Å². The van der Waals surface area contributed by atoms with Crippen molar-refractivity contribution < 1.29 is 4.79 Å². The number of hydrogen-bond acceptors (Lipinski definition) is 2. The van der Waals surface area contributed by atoms with Gasteiger partial charge in [-0.1, -0.05) is 44.2 Å². The van der Waals surface area contributed by atoms with Crippen LogP contribution in [0.3, 0.4) is 0 Å². The van der Waals surface area contributed by atoms with Gasteiger partial charge in [-0.3, -0.25) is 4.79 Å². The maximum atomic E-state index is 12.3. The fourth-order valence-electron chi connectivity index (χ4n) is 2.62. The second kappa shape index (κ2) is 6.20. The smallest absolute Gasteiger partial charge is 0.224 e. The predicted molar refractivity (Wildman–Crippen MR) is 77.5 cm³/mol. The first-order chi connectivity index (χ1) is 9.08. The molecule has 2 N–H and O–H groups in total. The van der Waals surface area contributed by atoms with Crippen LogP contribution in [-0.4, -0.2) is 23.9 Å². The maximum Gasteiger partial charge on any atom is 0.224 e. The van der Waals surface area contributed by atoms with E-state index in [-0.39, 0.29) is 11.9 Å². The van der Waals surface area contributed by atoms with Gasteiger partial charge in [0, 0.05) is 25.6 Å². The van der Waals surface area contributed by atoms with Gasteiger partial charge in [-0.15, -0.1) is 0 Å². The Morgan fingerprint density at radius 3 is 2.63 bits per heavy atom. The molecule has 0 spiro atoms. The van der Waals surface area contributed by atoms with E-state index in [1.54, 1.807) is 0 Å². The minimum atomic E-state index is -0.191. The fourth-order valence-corrected chi connectivity index (χ4v) is 2.62. The number of carbonyl (C=O) groups is 1. The summed E-state index contributed by atoms with van der Waals surface area (Å²) in [4.78, 5) is 14.3. The molecule has 2 rings (SSSR count). The molecule has 3 nitrogen and oxygen atoms in total. The van der Waals surface area contributed by atoms with E-state index < -0.39 is 0 Å². The van der Waals surface area contributed by atoms with Gasteiger partial charge >= 0.3 is 0 Å². The van der Waals surface area contributed by atoms with Crippen molar-refractivity contribution in [1.29, 1.82) is 0 Å². The number of carbonyl (C=O) groups excluding carboxylic acids is 1. The van der Waals surface area contributed by atoms with Gasteiger partial charge in [0.25, 0.3) is 0 Å². The summed E-state index contributed by atoms with van der Waals surface area (Å²) in [6, 6.07) is 9.67. The Morgan fingerprint density at radius 1 is 1.32 bits per heavy atom. The van der Waals surface area contributed by atoms with Crippen LogP contribution in [0.1, 0.15) is 38.3 Å². The SMILES string of the molecule is CC1CCN(C(=O)CC(N)c2ccccc2)CC1C. The Kier molecular flexibility index (Phi) is 4.59. The van der Waals surface area contributed by atoms with Crippen molar-refractivity contribution in [2.45, 2.75) is 32.7 Å². The molecule has 3 heteroatoms. The maximum absolute atomic E-state index is 12.3. The second-order valence-corrected chi connectivity index (χ2v) is 5.80. The molecule has 1 heterocycles. The van der Waals surface area contributed by atoms with Crippen LogP contribution in [0.2, 0.25) is 0 Å². The Bertz CT molecular complexity index is 418. The van der Waals surface area contributed by atoms with Crippen molar-refractivity contribution in [1.82, 2.24) is 4.90 Å². The highest BCUT2D eigenvalue weighted by Gasteiger charge is 2.26. The van der Waals surface area contributed by atoms with E-state index in [4.69, 9.17) is 5.73 Å². The molecule has 0 radical (unpaired) electrons. The van der Waals surface area contributed by atoms with Gasteiger partial charge in [-0.25, -0.2) is 0 Å². The Labute approximate surface area is 115 Å². The molecule has 1 saturated heterocycles. The lowest BCUT2D eigenvalue weighted by molar-refractivity contribution is -0.134. The van der Waals surface area contributed by atoms with Crippen LogP contribution < -0.4 is 5.73 Å². The van der Waals surface area contributed by atoms with Crippen LogP contribution in [0.25, 0.3) is 0 Å². The summed E-state index contributed by atoms with van der Waals surface area (Å²) in [5.74, 6) is 1.49. The third-order valence-electron chi connectivity index (χ3n) is 4.31. The highest BCUT2D eigenvalue weighted by molar-refractivity contribution is 5.77. The zero-order valence-electron chi connectivity index (χ0n) is 11.9. The molecule has 1 aromatic carbocycles. The molecule has 1 aliphatic heterocycles. The van der Waals surface area contributed by atoms with Gasteiger partial charge in [-0.05, 0) is 23.8 Å². The summed E-state index contributed by atoms with van der Waals surface area (Å²) >= 11 is 0. The van der Waals surface area contributed by atoms with E-state index >= 15 is 0 Å². The molecule has 3 unspecified atom stereocenters. The molecule has 1 aliphatic rings. The number of likely N-dealkylation sites (tertiary alicyclic amines) is 1. The van der Waals surface area contributed by atoms with Gasteiger partial charge in [0.15, 0.2) is 0 Å². The molecule has 0 aliphatic carbocycles. The minimum absolute atomic E-state index is 0.190. The fraction of sp³-hybridized carbons (Fsp3) is 0.562. The van der Waals surface area contributed by atoms with Crippen LogP contribution in [0.5, 0.6) is 0 Å². The van der Waals surface area contributed by atoms with Gasteiger partial charge in [-0.2, -0.15) is 0 Å². The third kappa shape index (κ3) is 3.57. The standard InChI is InChI=1S/C16H24N2O/c1-12-8-9-18(11-13(12)2)16(19)10-15(17)14-6-4-3-5-7-14/h3-7,12-13,15H,8-11,17H2,1-2H3. The molecular weight excluding hydrogens is 236 g/mol. The molecule has 1 amide bonds. The van der Waals surface area contributed by atoms with Crippen LogP contribution in [0, 0.1) is 11.8 Å². The highest BCUT2D eigenvalue weighted by atomic mass is 16.2. The quantitative estimate of drug-likeness (QED) is 0.908. The van der Waals surface area contributed by atoms with Crippen molar-refractivity contribution in [3.8, 4) is 0 Å². The average Bonchev–Trinajstić information content (AvgIpc) is 2.42. The number of benzene rings is 1. The van der Waals surface area contributed by atoms with Gasteiger partial charge < -0.3 is 10.6 Å². The molecular formula is C16H24N2O. The Morgan fingerprint density at radius 2 is 2.00 bits per heavy atom. The van der Waals surface area contributed by atoms with Crippen molar-refractivity contribution in [2.75, 3.05) is 13.1 Å². The van der Waals surface area contributed by atoms with Crippen LogP contribution in [0.4, 0.5) is 0 Å². The molecule has 0 aromatic heterocycles. The molecule has 1 fully saturated rings. The topological polar surface area (TPSA) is 46.3 Å². The minimum Gasteiger partial charge on any atom is -0.342 e. The number of nitrogens with two attached hydrogens (primary N) is 1. The lowest BCUT2D eigenvalue weighted by Gasteiger charge is -2.35. The number of piperidine rings is 1. The van der Waals surface area contributed by atoms with Crippen LogP contribution >= 0.6 is 0 Å². The zero-order valence-corrected chi connectivity index (χ0v) is 11.9. The summed E-state index contributed by atoms with van der Waals surface area (Å²) in [5.41, 5.74) is 7.15. The molecule has 0 bridgehead atoms. The van der Waals surface area contributed by atoms with Gasteiger partial charge in [0.1, 0.15) is 0 Å². The lowest BCUT2D eigenvalue weighted by atomic mass is 9.88. The lowest BCUT2D eigenvalue weighted by Crippen LogP contribution is -2.43. The van der Waals surface area contributed by atoms with Crippen LogP contribution in [-0.2, 0) is 4.79 Å². The first-order valence-electron chi connectivity index (χ1n) is 7.16. The number of amides is 1. The summed E-state index contributed by atoms with van der Waals surface area (Å²) in [7, 11) is 0. The molecule has 104 valence electrons. The third-order valence-corrected chi connectivity index (χ3v) is 4.31. The molecule has 3 atom stereocenters. The normalized spacial score (nSPS) is 25.1. The van der Waals surface area contributed by atoms with Crippen molar-refractivity contribution >= 4 is 5.91 Å². The van der Waals surface area contributed by atoms with Crippen LogP contribution in [0.15, 0.2) is 30.3 Å². The van der Waals surface area contributed by atoms with E-state index in [1.807, 2.05) is 35.2 Å². The summed E-state index contributed by atoms with van der Waals surface area (Å²) in [6.07, 6.45) is 1.51. The number of hydrogen-bond donors (Lipinski definition) is 1. The summed E-state index contributed by atoms with van der Waals surface area (Å²) < 4.78 is 0. The highest BCUT2D eigenvalue weighted by Crippen LogP contribution is 2.24. The summed E-state index contributed by atoms with van der Waals surface area (Å²) in [5, 5.41) is 0. The molecule has 1 aromatic rings. The zero-order chi connectivity index (χ0) is 13.8. The van der Waals surface area contributed by atoms with Crippen molar-refractivity contribution in [3.05, 3.63) is 35.9 Å². The largest absolute Gasteiger partial charge is 0.342 e. The average molecular weight is 260 g/mol. The Hall–Kier alpha value is -1.35. The van der Waals surface area contributed by atoms with Crippen molar-refractivity contribution in [3.63, 3.8) is 0 Å². The van der Waals surface area contributed by atoms with E-state index in [2.05, 4.69) is 13.8 Å². The van der Waals surface area contributed by atoms with Gasteiger partial charge in [0.2, 0.25) is 5.91 Å². The van der Waals surface area contributed by atoms with E-state index in [0.29, 0.717) is 18.3 Å². The Balaban J connectivity index is 1.91. The first-order valence-corrected chi connectivity index (χ1v) is 7.16. The first kappa shape index (κ1) is 14.1. The number of rotatable bonds is 3. The van der Waals surface area contributed by atoms with E-state index in [9.17, 15) is 4.79 Å². The molecule has 19 heavy (non-hydrogen) atoms. The molecule has 0 saturated carbocycles. The monoisotopic (exact) mass is 260 g/mol. The van der Waals surface area contributed by atoms with Gasteiger partial charge in [0.05, 0.1) is 0 Å². The number of nitrogens with zero attached hydrogens (tertiary/aromatic N) is 1. The predicted octanol–water partition coefficient (Wildman–Crippen LogP) is 2.58. The van der Waals surface area contributed by atoms with E-state index in [1.165, 1.54) is 0 Å².